The van der Waals surface area contributed by atoms with E-state index in [0.717, 1.165) is 6.54 Å². The molecule has 4 rings (SSSR count). The second-order valence-corrected chi connectivity index (χ2v) is 7.24. The summed E-state index contributed by atoms with van der Waals surface area (Å²) < 4.78 is 7.68. The molecule has 0 spiro atoms. The third-order valence-corrected chi connectivity index (χ3v) is 5.48. The van der Waals surface area contributed by atoms with Gasteiger partial charge in [0.25, 0.3) is 0 Å². The maximum atomic E-state index is 12.7. The van der Waals surface area contributed by atoms with Crippen LogP contribution in [0.25, 0.3) is 0 Å². The first-order chi connectivity index (χ1) is 11.3. The molecule has 1 aromatic heterocycles. The van der Waals surface area contributed by atoms with E-state index in [9.17, 15) is 4.79 Å². The summed E-state index contributed by atoms with van der Waals surface area (Å²) in [6.45, 7) is 2.77. The minimum atomic E-state index is 0. The molecule has 3 unspecified atom stereocenters. The molecular weight excluding hydrogens is 363 g/mol. The average Bonchev–Trinajstić information content (AvgIpc) is 3.17. The van der Waals surface area contributed by atoms with Gasteiger partial charge in [0.2, 0.25) is 5.91 Å². The van der Waals surface area contributed by atoms with Crippen LogP contribution in [0.3, 0.4) is 0 Å². The summed E-state index contributed by atoms with van der Waals surface area (Å²) in [7, 11) is 0. The van der Waals surface area contributed by atoms with Crippen molar-refractivity contribution in [1.29, 1.82) is 0 Å². The molecule has 3 atom stereocenters. The van der Waals surface area contributed by atoms with E-state index in [1.165, 1.54) is 25.7 Å². The molecule has 1 amide bonds. The minimum Gasteiger partial charge on any atom is -0.373 e. The molecule has 0 saturated carbocycles. The van der Waals surface area contributed by atoms with Crippen LogP contribution in [0, 0.1) is 5.92 Å². The zero-order valence-electron chi connectivity index (χ0n) is 14.4. The topological polar surface area (TPSA) is 59.4 Å². The number of carbonyl (C=O) groups excluding carboxylic acids is 1. The van der Waals surface area contributed by atoms with Gasteiger partial charge in [0.15, 0.2) is 0 Å². The molecule has 3 saturated heterocycles. The van der Waals surface area contributed by atoms with Gasteiger partial charge in [-0.1, -0.05) is 0 Å². The van der Waals surface area contributed by atoms with Crippen LogP contribution < -0.4 is 5.32 Å². The van der Waals surface area contributed by atoms with E-state index in [-0.39, 0.29) is 30.9 Å². The van der Waals surface area contributed by atoms with Crippen LogP contribution in [0.4, 0.5) is 0 Å². The van der Waals surface area contributed by atoms with Crippen LogP contribution in [0.15, 0.2) is 18.5 Å². The number of nitrogens with one attached hydrogen (secondary N) is 1. The van der Waals surface area contributed by atoms with Gasteiger partial charge in [-0.25, -0.2) is 0 Å². The van der Waals surface area contributed by atoms with Crippen molar-refractivity contribution in [1.82, 2.24) is 20.0 Å². The van der Waals surface area contributed by atoms with Gasteiger partial charge in [-0.2, -0.15) is 5.10 Å². The molecule has 8 heteroatoms. The van der Waals surface area contributed by atoms with Crippen LogP contribution in [0.1, 0.15) is 32.1 Å². The first-order valence-corrected chi connectivity index (χ1v) is 8.89. The van der Waals surface area contributed by atoms with Crippen molar-refractivity contribution in [2.24, 2.45) is 5.92 Å². The van der Waals surface area contributed by atoms with Gasteiger partial charge < -0.3 is 15.0 Å². The fraction of sp³-hybridized carbons (Fsp3) is 0.765. The normalized spacial score (nSPS) is 31.1. The Kier molecular flexibility index (Phi) is 7.55. The first-order valence-electron chi connectivity index (χ1n) is 8.89. The van der Waals surface area contributed by atoms with Crippen LogP contribution in [0.2, 0.25) is 0 Å². The van der Waals surface area contributed by atoms with E-state index < -0.39 is 0 Å². The lowest BCUT2D eigenvalue weighted by Gasteiger charge is -2.35. The maximum absolute atomic E-state index is 12.7. The number of amides is 1. The lowest BCUT2D eigenvalue weighted by atomic mass is 9.89. The molecule has 4 heterocycles. The zero-order valence-corrected chi connectivity index (χ0v) is 16.0. The Morgan fingerprint density at radius 3 is 2.68 bits per heavy atom. The Labute approximate surface area is 161 Å². The van der Waals surface area contributed by atoms with Crippen molar-refractivity contribution < 1.29 is 9.53 Å². The summed E-state index contributed by atoms with van der Waals surface area (Å²) in [5.74, 6) is 0.874. The minimum absolute atomic E-state index is 0. The lowest BCUT2D eigenvalue weighted by molar-refractivity contribution is -0.140. The van der Waals surface area contributed by atoms with Crippen LogP contribution in [0.5, 0.6) is 0 Å². The van der Waals surface area contributed by atoms with E-state index in [1.807, 2.05) is 21.8 Å². The Bertz CT molecular complexity index is 531. The van der Waals surface area contributed by atoms with Crippen molar-refractivity contribution in [2.45, 2.75) is 56.8 Å². The number of piperidine rings is 1. The summed E-state index contributed by atoms with van der Waals surface area (Å²) in [6, 6.07) is 3.23. The van der Waals surface area contributed by atoms with Gasteiger partial charge in [0.05, 0.1) is 19.3 Å². The number of halogens is 2. The van der Waals surface area contributed by atoms with Crippen LogP contribution in [-0.2, 0) is 16.1 Å². The van der Waals surface area contributed by atoms with Crippen LogP contribution in [-0.4, -0.2) is 58.5 Å². The number of rotatable bonds is 4. The van der Waals surface area contributed by atoms with Crippen molar-refractivity contribution in [3.63, 3.8) is 0 Å². The molecule has 2 bridgehead atoms. The summed E-state index contributed by atoms with van der Waals surface area (Å²) in [6.07, 6.45) is 9.40. The van der Waals surface area contributed by atoms with Crippen molar-refractivity contribution in [3.05, 3.63) is 18.5 Å². The van der Waals surface area contributed by atoms with E-state index in [2.05, 4.69) is 10.4 Å². The number of nitrogens with zero attached hydrogens (tertiary/aromatic N) is 3. The molecule has 1 N–H and O–H groups in total. The van der Waals surface area contributed by atoms with Gasteiger partial charge in [-0.3, -0.25) is 9.48 Å². The van der Waals surface area contributed by atoms with Gasteiger partial charge >= 0.3 is 0 Å². The largest absolute Gasteiger partial charge is 0.373 e. The second-order valence-electron chi connectivity index (χ2n) is 7.24. The molecule has 0 radical (unpaired) electrons. The van der Waals surface area contributed by atoms with Crippen LogP contribution >= 0.6 is 24.8 Å². The number of ether oxygens (including phenoxy) is 1. The third-order valence-electron chi connectivity index (χ3n) is 5.48. The van der Waals surface area contributed by atoms with E-state index >= 15 is 0 Å². The highest BCUT2D eigenvalue weighted by molar-refractivity contribution is 5.85. The summed E-state index contributed by atoms with van der Waals surface area (Å²) in [5, 5.41) is 7.87. The average molecular weight is 391 g/mol. The van der Waals surface area contributed by atoms with Gasteiger partial charge in [0.1, 0.15) is 0 Å². The van der Waals surface area contributed by atoms with Crippen molar-refractivity contribution in [2.75, 3.05) is 19.7 Å². The van der Waals surface area contributed by atoms with Crippen molar-refractivity contribution >= 4 is 30.7 Å². The highest BCUT2D eigenvalue weighted by Gasteiger charge is 2.35. The fourth-order valence-corrected chi connectivity index (χ4v) is 4.39. The Hall–Kier alpha value is -0.820. The second kappa shape index (κ2) is 9.21. The number of hydrogen-bond donors (Lipinski definition) is 1. The Morgan fingerprint density at radius 1 is 1.24 bits per heavy atom. The Balaban J connectivity index is 0.00000113. The quantitative estimate of drug-likeness (QED) is 0.852. The molecule has 0 aliphatic carbocycles. The van der Waals surface area contributed by atoms with Gasteiger partial charge in [-0.05, 0) is 37.7 Å². The Morgan fingerprint density at radius 2 is 2.00 bits per heavy atom. The van der Waals surface area contributed by atoms with E-state index in [1.54, 1.807) is 6.20 Å². The molecular formula is C17H28Cl2N4O2. The standard InChI is InChI=1S/C17H26N4O2.2ClH/c22-17(10-13-8-14-2-3-15(9-13)19-14)20-6-7-23-16(11-20)12-21-5-1-4-18-21;;/h1,4-5,13-16,19H,2-3,6-12H2;2*1H. The molecule has 3 aliphatic rings. The number of morpholine rings is 1. The molecule has 3 fully saturated rings. The number of hydrogen-bond acceptors (Lipinski definition) is 4. The van der Waals surface area contributed by atoms with Crippen molar-refractivity contribution in [3.8, 4) is 0 Å². The molecule has 142 valence electrons. The molecule has 1 aromatic rings. The molecule has 3 aliphatic heterocycles. The zero-order chi connectivity index (χ0) is 15.6. The predicted molar refractivity (Wildman–Crippen MR) is 100 cm³/mol. The SMILES string of the molecule is Cl.Cl.O=C(CC1CC2CCC(C1)N2)N1CCOC(Cn2cccn2)C1. The summed E-state index contributed by atoms with van der Waals surface area (Å²) >= 11 is 0. The molecule has 0 aromatic carbocycles. The number of carbonyl (C=O) groups is 1. The van der Waals surface area contributed by atoms with Gasteiger partial charge in [-0.15, -0.1) is 24.8 Å². The smallest absolute Gasteiger partial charge is 0.223 e. The monoisotopic (exact) mass is 390 g/mol. The fourth-order valence-electron chi connectivity index (χ4n) is 4.39. The van der Waals surface area contributed by atoms with E-state index in [0.29, 0.717) is 50.0 Å². The highest BCUT2D eigenvalue weighted by Crippen LogP contribution is 2.33. The number of fused-ring (bicyclic) bond motifs is 2. The maximum Gasteiger partial charge on any atom is 0.223 e. The lowest BCUT2D eigenvalue weighted by Crippen LogP contribution is -2.48. The first kappa shape index (κ1) is 20.5. The highest BCUT2D eigenvalue weighted by atomic mass is 35.5. The predicted octanol–water partition coefficient (Wildman–Crippen LogP) is 1.87. The summed E-state index contributed by atoms with van der Waals surface area (Å²) in [4.78, 5) is 14.7. The molecule has 25 heavy (non-hydrogen) atoms. The number of aromatic nitrogens is 2. The third kappa shape index (κ3) is 5.09. The molecule has 6 nitrogen and oxygen atoms in total. The summed E-state index contributed by atoms with van der Waals surface area (Å²) in [5.41, 5.74) is 0. The van der Waals surface area contributed by atoms with E-state index in [4.69, 9.17) is 4.74 Å². The van der Waals surface area contributed by atoms with Gasteiger partial charge in [0, 0.05) is 44.0 Å².